The number of imidazole rings is 1. The minimum absolute atomic E-state index is 0.0102. The van der Waals surface area contributed by atoms with Gasteiger partial charge in [-0.2, -0.15) is 0 Å². The van der Waals surface area contributed by atoms with E-state index >= 15 is 0 Å². The summed E-state index contributed by atoms with van der Waals surface area (Å²) in [6.45, 7) is 4.34. The monoisotopic (exact) mass is 422 g/mol. The first-order chi connectivity index (χ1) is 14.5. The Bertz CT molecular complexity index is 1240. The number of carbonyl (C=O) groups excluding carboxylic acids is 1. The Kier molecular flexibility index (Phi) is 5.20. The van der Waals surface area contributed by atoms with Crippen LogP contribution in [0.25, 0.3) is 16.2 Å². The van der Waals surface area contributed by atoms with Crippen LogP contribution in [0.1, 0.15) is 22.3 Å². The highest BCUT2D eigenvalue weighted by Gasteiger charge is 2.19. The van der Waals surface area contributed by atoms with Gasteiger partial charge in [0.15, 0.2) is 4.96 Å². The van der Waals surface area contributed by atoms with Crippen molar-refractivity contribution in [3.8, 4) is 17.0 Å². The number of hydrogen-bond donors (Lipinski definition) is 1. The van der Waals surface area contributed by atoms with Crippen molar-refractivity contribution in [2.24, 2.45) is 0 Å². The summed E-state index contributed by atoms with van der Waals surface area (Å²) in [6, 6.07) is 13.5. The van der Waals surface area contributed by atoms with Gasteiger partial charge in [0.2, 0.25) is 0 Å². The molecule has 9 heteroatoms. The Labute approximate surface area is 175 Å². The summed E-state index contributed by atoms with van der Waals surface area (Å²) >= 11 is 1.27. The Hall–Kier alpha value is -3.72. The molecule has 2 aromatic carbocycles. The molecular formula is C21H18N4O4S. The Balaban J connectivity index is 1.58. The van der Waals surface area contributed by atoms with E-state index < -0.39 is 4.92 Å². The van der Waals surface area contributed by atoms with Crippen LogP contribution in [-0.2, 0) is 0 Å². The second-order valence-electron chi connectivity index (χ2n) is 6.51. The van der Waals surface area contributed by atoms with Crippen molar-refractivity contribution in [1.82, 2.24) is 9.38 Å². The molecule has 0 saturated heterocycles. The summed E-state index contributed by atoms with van der Waals surface area (Å²) in [4.78, 5) is 29.1. The van der Waals surface area contributed by atoms with Crippen molar-refractivity contribution in [1.29, 1.82) is 0 Å². The van der Waals surface area contributed by atoms with Gasteiger partial charge in [-0.05, 0) is 38.1 Å². The molecule has 1 amide bonds. The molecule has 0 aliphatic heterocycles. The average Bonchev–Trinajstić information content (AvgIpc) is 3.29. The van der Waals surface area contributed by atoms with Gasteiger partial charge in [-0.25, -0.2) is 4.98 Å². The molecule has 0 aliphatic carbocycles. The quantitative estimate of drug-likeness (QED) is 0.351. The second-order valence-corrected chi connectivity index (χ2v) is 7.49. The highest BCUT2D eigenvalue weighted by molar-refractivity contribution is 7.19. The van der Waals surface area contributed by atoms with Gasteiger partial charge >= 0.3 is 0 Å². The third-order valence-corrected chi connectivity index (χ3v) is 5.69. The number of nitro benzene ring substituents is 1. The standard InChI is InChI=1S/C21H18N4O4S/c1-3-29-17-9-7-15(8-10-17)22-20(26)19-13(2)24-12-18(23-21(24)30-19)14-5-4-6-16(11-14)25(27)28/h4-12H,3H2,1-2H3,(H,22,26). The van der Waals surface area contributed by atoms with Crippen LogP contribution in [0, 0.1) is 17.0 Å². The molecular weight excluding hydrogens is 404 g/mol. The molecule has 0 spiro atoms. The Morgan fingerprint density at radius 1 is 1.27 bits per heavy atom. The van der Waals surface area contributed by atoms with Gasteiger partial charge in [0.1, 0.15) is 10.6 Å². The van der Waals surface area contributed by atoms with E-state index in [1.54, 1.807) is 42.6 Å². The summed E-state index contributed by atoms with van der Waals surface area (Å²) in [7, 11) is 0. The molecule has 0 unspecified atom stereocenters. The average molecular weight is 422 g/mol. The van der Waals surface area contributed by atoms with E-state index in [9.17, 15) is 14.9 Å². The largest absolute Gasteiger partial charge is 0.494 e. The lowest BCUT2D eigenvalue weighted by Gasteiger charge is -2.06. The number of nitrogens with one attached hydrogen (secondary N) is 1. The number of nitrogens with zero attached hydrogens (tertiary/aromatic N) is 3. The molecule has 4 rings (SSSR count). The molecule has 1 N–H and O–H groups in total. The number of aromatic nitrogens is 2. The molecule has 4 aromatic rings. The third-order valence-electron chi connectivity index (χ3n) is 4.54. The molecule has 30 heavy (non-hydrogen) atoms. The van der Waals surface area contributed by atoms with Crippen molar-refractivity contribution in [3.05, 3.63) is 75.4 Å². The summed E-state index contributed by atoms with van der Waals surface area (Å²) < 4.78 is 7.23. The number of fused-ring (bicyclic) bond motifs is 1. The molecule has 0 bridgehead atoms. The highest BCUT2D eigenvalue weighted by Crippen LogP contribution is 2.29. The Morgan fingerprint density at radius 3 is 2.70 bits per heavy atom. The number of non-ortho nitro benzene ring substituents is 1. The van der Waals surface area contributed by atoms with E-state index in [4.69, 9.17) is 4.74 Å². The fourth-order valence-corrected chi connectivity index (χ4v) is 4.07. The van der Waals surface area contributed by atoms with Crippen LogP contribution in [-0.4, -0.2) is 26.8 Å². The van der Waals surface area contributed by atoms with Gasteiger partial charge < -0.3 is 10.1 Å². The van der Waals surface area contributed by atoms with Crippen molar-refractivity contribution < 1.29 is 14.5 Å². The summed E-state index contributed by atoms with van der Waals surface area (Å²) in [5.41, 5.74) is 2.70. The number of amides is 1. The number of aryl methyl sites for hydroxylation is 1. The molecule has 2 heterocycles. The van der Waals surface area contributed by atoms with Crippen LogP contribution >= 0.6 is 11.3 Å². The van der Waals surface area contributed by atoms with Crippen LogP contribution in [0.2, 0.25) is 0 Å². The lowest BCUT2D eigenvalue weighted by Crippen LogP contribution is -2.11. The molecule has 0 aliphatic rings. The lowest BCUT2D eigenvalue weighted by molar-refractivity contribution is -0.384. The molecule has 0 radical (unpaired) electrons. The van der Waals surface area contributed by atoms with Gasteiger partial charge in [0, 0.05) is 35.3 Å². The van der Waals surface area contributed by atoms with Crippen LogP contribution in [0.5, 0.6) is 5.75 Å². The van der Waals surface area contributed by atoms with E-state index in [0.29, 0.717) is 33.4 Å². The first kappa shape index (κ1) is 19.6. The van der Waals surface area contributed by atoms with E-state index in [2.05, 4.69) is 10.3 Å². The zero-order chi connectivity index (χ0) is 21.3. The summed E-state index contributed by atoms with van der Waals surface area (Å²) in [5, 5.41) is 13.9. The SMILES string of the molecule is CCOc1ccc(NC(=O)c2sc3nc(-c4cccc([N+](=O)[O-])c4)cn3c2C)cc1. The van der Waals surface area contributed by atoms with Crippen LogP contribution < -0.4 is 10.1 Å². The van der Waals surface area contributed by atoms with Gasteiger partial charge in [-0.3, -0.25) is 19.3 Å². The molecule has 0 saturated carbocycles. The fraction of sp³-hybridized carbons (Fsp3) is 0.143. The number of benzene rings is 2. The molecule has 2 aromatic heterocycles. The maximum atomic E-state index is 12.7. The molecule has 152 valence electrons. The summed E-state index contributed by atoms with van der Waals surface area (Å²) in [6.07, 6.45) is 1.79. The summed E-state index contributed by atoms with van der Waals surface area (Å²) in [5.74, 6) is 0.527. The van der Waals surface area contributed by atoms with Crippen molar-refractivity contribution in [3.63, 3.8) is 0 Å². The smallest absolute Gasteiger partial charge is 0.270 e. The maximum Gasteiger partial charge on any atom is 0.270 e. The number of carbonyl (C=O) groups is 1. The maximum absolute atomic E-state index is 12.7. The first-order valence-electron chi connectivity index (χ1n) is 9.24. The zero-order valence-corrected chi connectivity index (χ0v) is 17.1. The van der Waals surface area contributed by atoms with Gasteiger partial charge in [0.05, 0.1) is 17.2 Å². The van der Waals surface area contributed by atoms with E-state index in [0.717, 1.165) is 11.4 Å². The topological polar surface area (TPSA) is 98.8 Å². The van der Waals surface area contributed by atoms with E-state index in [1.807, 2.05) is 18.2 Å². The van der Waals surface area contributed by atoms with E-state index in [1.165, 1.54) is 23.5 Å². The van der Waals surface area contributed by atoms with Crippen LogP contribution in [0.4, 0.5) is 11.4 Å². The number of hydrogen-bond acceptors (Lipinski definition) is 6. The minimum Gasteiger partial charge on any atom is -0.494 e. The number of ether oxygens (including phenoxy) is 1. The van der Waals surface area contributed by atoms with Crippen molar-refractivity contribution in [2.75, 3.05) is 11.9 Å². The normalized spacial score (nSPS) is 10.9. The van der Waals surface area contributed by atoms with Crippen molar-refractivity contribution in [2.45, 2.75) is 13.8 Å². The third kappa shape index (κ3) is 3.74. The van der Waals surface area contributed by atoms with Gasteiger partial charge in [0.25, 0.3) is 11.6 Å². The predicted octanol–water partition coefficient (Wildman–Crippen LogP) is 4.93. The first-order valence-corrected chi connectivity index (χ1v) is 10.1. The van der Waals surface area contributed by atoms with Crippen LogP contribution in [0.3, 0.4) is 0 Å². The number of nitro groups is 1. The van der Waals surface area contributed by atoms with Crippen LogP contribution in [0.15, 0.2) is 54.7 Å². The van der Waals surface area contributed by atoms with Gasteiger partial charge in [-0.1, -0.05) is 23.5 Å². The zero-order valence-electron chi connectivity index (χ0n) is 16.3. The molecule has 0 fully saturated rings. The fourth-order valence-electron chi connectivity index (χ4n) is 3.07. The van der Waals surface area contributed by atoms with E-state index in [-0.39, 0.29) is 11.6 Å². The lowest BCUT2D eigenvalue weighted by atomic mass is 10.1. The highest BCUT2D eigenvalue weighted by atomic mass is 32.1. The number of anilines is 1. The molecule has 0 atom stereocenters. The predicted molar refractivity (Wildman–Crippen MR) is 115 cm³/mol. The van der Waals surface area contributed by atoms with Gasteiger partial charge in [-0.15, -0.1) is 0 Å². The van der Waals surface area contributed by atoms with Crippen molar-refractivity contribution >= 4 is 33.6 Å². The number of rotatable bonds is 6. The Morgan fingerprint density at radius 2 is 2.03 bits per heavy atom. The second kappa shape index (κ2) is 7.96. The number of thiazole rings is 1. The minimum atomic E-state index is -0.434. The molecule has 8 nitrogen and oxygen atoms in total.